The molecule has 2 aromatic carbocycles. The van der Waals surface area contributed by atoms with E-state index in [2.05, 4.69) is 0 Å². The van der Waals surface area contributed by atoms with Crippen molar-refractivity contribution in [2.45, 2.75) is 19.2 Å². The first-order valence-electron chi connectivity index (χ1n) is 6.52. The van der Waals surface area contributed by atoms with Crippen LogP contribution >= 0.6 is 0 Å². The van der Waals surface area contributed by atoms with Gasteiger partial charge in [0.1, 0.15) is 23.4 Å². The summed E-state index contributed by atoms with van der Waals surface area (Å²) in [5.41, 5.74) is -0.570. The van der Waals surface area contributed by atoms with Gasteiger partial charge in [-0.3, -0.25) is 0 Å². The van der Waals surface area contributed by atoms with E-state index >= 15 is 0 Å². The van der Waals surface area contributed by atoms with Gasteiger partial charge in [-0.25, -0.2) is 0 Å². The van der Waals surface area contributed by atoms with Crippen LogP contribution in [0.2, 0.25) is 0 Å². The summed E-state index contributed by atoms with van der Waals surface area (Å²) in [5, 5.41) is 9.39. The molecule has 0 aliphatic heterocycles. The van der Waals surface area contributed by atoms with Gasteiger partial charge in [-0.1, -0.05) is 18.2 Å². The molecule has 0 aliphatic rings. The van der Waals surface area contributed by atoms with Crippen molar-refractivity contribution in [1.82, 2.24) is 0 Å². The molecule has 0 spiro atoms. The summed E-state index contributed by atoms with van der Waals surface area (Å²) in [4.78, 5) is 0. The maximum Gasteiger partial charge on any atom is 0.419 e. The number of phenolic OH excluding ortho intramolecular Hbond substituents is 1. The maximum atomic E-state index is 13.0. The van der Waals surface area contributed by atoms with Crippen LogP contribution in [0.25, 0.3) is 0 Å². The molecule has 0 radical (unpaired) electrons. The number of aromatic hydroxyl groups is 1. The van der Waals surface area contributed by atoms with Gasteiger partial charge in [0.05, 0.1) is 12.7 Å². The van der Waals surface area contributed by atoms with Gasteiger partial charge in [-0.05, 0) is 25.1 Å². The fourth-order valence-corrected chi connectivity index (χ4v) is 2.15. The third-order valence-electron chi connectivity index (χ3n) is 3.12. The number of methoxy groups -OCH3 is 1. The molecule has 2 aromatic rings. The second kappa shape index (κ2) is 6.17. The minimum Gasteiger partial charge on any atom is -0.508 e. The molecule has 1 atom stereocenters. The number of para-hydroxylation sites is 1. The highest BCUT2D eigenvalue weighted by molar-refractivity contribution is 5.45. The van der Waals surface area contributed by atoms with E-state index in [0.29, 0.717) is 5.75 Å². The van der Waals surface area contributed by atoms with Crippen molar-refractivity contribution in [2.75, 3.05) is 7.11 Å². The monoisotopic (exact) mass is 312 g/mol. The largest absolute Gasteiger partial charge is 0.508 e. The highest BCUT2D eigenvalue weighted by Crippen LogP contribution is 2.40. The number of hydrogen-bond donors (Lipinski definition) is 1. The lowest BCUT2D eigenvalue weighted by Crippen LogP contribution is -2.12. The zero-order chi connectivity index (χ0) is 16.3. The Balaban J connectivity index is 2.35. The Labute approximate surface area is 125 Å². The molecule has 0 amide bonds. The second-order valence-corrected chi connectivity index (χ2v) is 4.68. The van der Waals surface area contributed by atoms with Gasteiger partial charge in [0.15, 0.2) is 0 Å². The molecule has 0 bridgehead atoms. The molecule has 3 nitrogen and oxygen atoms in total. The lowest BCUT2D eigenvalue weighted by molar-refractivity contribution is -0.138. The Hall–Kier alpha value is -2.37. The SMILES string of the molecule is COc1c(C(C)Oc2cccc(O)c2)cccc1C(F)(F)F. The third kappa shape index (κ3) is 3.44. The lowest BCUT2D eigenvalue weighted by Gasteiger charge is -2.20. The fraction of sp³-hybridized carbons (Fsp3) is 0.250. The number of hydrogen-bond acceptors (Lipinski definition) is 3. The molecule has 1 unspecified atom stereocenters. The first-order valence-corrected chi connectivity index (χ1v) is 6.52. The molecule has 0 fully saturated rings. The topological polar surface area (TPSA) is 38.7 Å². The number of alkyl halides is 3. The van der Waals surface area contributed by atoms with E-state index in [1.165, 1.54) is 31.4 Å². The van der Waals surface area contributed by atoms with Gasteiger partial charge in [-0.15, -0.1) is 0 Å². The first kappa shape index (κ1) is 16.0. The van der Waals surface area contributed by atoms with E-state index in [9.17, 15) is 18.3 Å². The van der Waals surface area contributed by atoms with Gasteiger partial charge in [-0.2, -0.15) is 13.2 Å². The van der Waals surface area contributed by atoms with Crippen LogP contribution in [0.3, 0.4) is 0 Å². The summed E-state index contributed by atoms with van der Waals surface area (Å²) in [5.74, 6) is 0.107. The van der Waals surface area contributed by atoms with Crippen molar-refractivity contribution in [3.63, 3.8) is 0 Å². The normalized spacial score (nSPS) is 12.8. The van der Waals surface area contributed by atoms with E-state index in [4.69, 9.17) is 9.47 Å². The van der Waals surface area contributed by atoms with Crippen molar-refractivity contribution in [2.24, 2.45) is 0 Å². The van der Waals surface area contributed by atoms with E-state index in [-0.39, 0.29) is 17.1 Å². The Kier molecular flexibility index (Phi) is 4.49. The second-order valence-electron chi connectivity index (χ2n) is 4.68. The van der Waals surface area contributed by atoms with Crippen LogP contribution in [0.15, 0.2) is 42.5 Å². The van der Waals surface area contributed by atoms with E-state index in [1.807, 2.05) is 0 Å². The van der Waals surface area contributed by atoms with Crippen LogP contribution in [0.4, 0.5) is 13.2 Å². The van der Waals surface area contributed by atoms with Crippen molar-refractivity contribution in [3.8, 4) is 17.2 Å². The summed E-state index contributed by atoms with van der Waals surface area (Å²) >= 11 is 0. The predicted molar refractivity (Wildman–Crippen MR) is 75.1 cm³/mol. The molecule has 1 N–H and O–H groups in total. The molecule has 22 heavy (non-hydrogen) atoms. The molecule has 6 heteroatoms. The number of benzene rings is 2. The minimum absolute atomic E-state index is 0.0145. The molecular formula is C16H15F3O3. The number of ether oxygens (including phenoxy) is 2. The average molecular weight is 312 g/mol. The van der Waals surface area contributed by atoms with Crippen molar-refractivity contribution in [1.29, 1.82) is 0 Å². The quantitative estimate of drug-likeness (QED) is 0.899. The molecule has 118 valence electrons. The van der Waals surface area contributed by atoms with Gasteiger partial charge < -0.3 is 14.6 Å². The van der Waals surface area contributed by atoms with E-state index in [0.717, 1.165) is 6.07 Å². The zero-order valence-electron chi connectivity index (χ0n) is 12.0. The van der Waals surface area contributed by atoms with Gasteiger partial charge in [0.2, 0.25) is 0 Å². The summed E-state index contributed by atoms with van der Waals surface area (Å²) in [6.45, 7) is 1.61. The van der Waals surface area contributed by atoms with E-state index in [1.54, 1.807) is 19.1 Å². The molecule has 0 aliphatic carbocycles. The molecule has 0 aromatic heterocycles. The smallest absolute Gasteiger partial charge is 0.419 e. The summed E-state index contributed by atoms with van der Waals surface area (Å²) in [6, 6.07) is 9.84. The van der Waals surface area contributed by atoms with Crippen LogP contribution in [-0.4, -0.2) is 12.2 Å². The highest BCUT2D eigenvalue weighted by Gasteiger charge is 2.36. The minimum atomic E-state index is -4.51. The standard InChI is InChI=1S/C16H15F3O3/c1-10(22-12-6-3-5-11(20)9-12)13-7-4-8-14(15(13)21-2)16(17,18)19/h3-10,20H,1-2H3. The third-order valence-corrected chi connectivity index (χ3v) is 3.12. The van der Waals surface area contributed by atoms with Crippen LogP contribution < -0.4 is 9.47 Å². The van der Waals surface area contributed by atoms with Gasteiger partial charge in [0.25, 0.3) is 0 Å². The molecule has 2 rings (SSSR count). The average Bonchev–Trinajstić information content (AvgIpc) is 2.45. The molecule has 0 heterocycles. The first-order chi connectivity index (χ1) is 10.3. The van der Waals surface area contributed by atoms with Crippen molar-refractivity contribution < 1.29 is 27.8 Å². The summed E-state index contributed by atoms with van der Waals surface area (Å²) in [6.07, 6.45) is -5.19. The molecule has 0 saturated heterocycles. The molecular weight excluding hydrogens is 297 g/mol. The molecule has 0 saturated carbocycles. The number of rotatable bonds is 4. The fourth-order valence-electron chi connectivity index (χ4n) is 2.15. The summed E-state index contributed by atoms with van der Waals surface area (Å²) in [7, 11) is 1.19. The maximum absolute atomic E-state index is 13.0. The van der Waals surface area contributed by atoms with Crippen LogP contribution in [0, 0.1) is 0 Å². The van der Waals surface area contributed by atoms with Crippen molar-refractivity contribution >= 4 is 0 Å². The lowest BCUT2D eigenvalue weighted by atomic mass is 10.0. The van der Waals surface area contributed by atoms with Crippen LogP contribution in [0.1, 0.15) is 24.2 Å². The zero-order valence-corrected chi connectivity index (χ0v) is 12.0. The van der Waals surface area contributed by atoms with Crippen LogP contribution in [0.5, 0.6) is 17.2 Å². The Bertz CT molecular complexity index is 653. The predicted octanol–water partition coefficient (Wildman–Crippen LogP) is 4.56. The highest BCUT2D eigenvalue weighted by atomic mass is 19.4. The van der Waals surface area contributed by atoms with E-state index < -0.39 is 17.8 Å². The Morgan fingerprint density at radius 2 is 1.77 bits per heavy atom. The number of phenols is 1. The van der Waals surface area contributed by atoms with Crippen molar-refractivity contribution in [3.05, 3.63) is 53.6 Å². The van der Waals surface area contributed by atoms with Gasteiger partial charge >= 0.3 is 6.18 Å². The Morgan fingerprint density at radius 1 is 1.09 bits per heavy atom. The summed E-state index contributed by atoms with van der Waals surface area (Å²) < 4.78 is 49.5. The Morgan fingerprint density at radius 3 is 2.36 bits per heavy atom. The number of halogens is 3. The van der Waals surface area contributed by atoms with Crippen LogP contribution in [-0.2, 0) is 6.18 Å². The van der Waals surface area contributed by atoms with Gasteiger partial charge in [0, 0.05) is 11.6 Å².